The van der Waals surface area contributed by atoms with E-state index in [1.54, 1.807) is 34.8 Å². The third-order valence-electron chi connectivity index (χ3n) is 7.38. The van der Waals surface area contributed by atoms with Crippen molar-refractivity contribution in [1.29, 1.82) is 0 Å². The molecule has 0 unspecified atom stereocenters. The summed E-state index contributed by atoms with van der Waals surface area (Å²) in [4.78, 5) is 15.5. The number of hydrogen-bond acceptors (Lipinski definition) is 6. The van der Waals surface area contributed by atoms with E-state index in [9.17, 15) is 13.2 Å². The predicted octanol–water partition coefficient (Wildman–Crippen LogP) is 4.07. The van der Waals surface area contributed by atoms with Crippen LogP contribution in [-0.4, -0.2) is 61.0 Å². The molecule has 8 nitrogen and oxygen atoms in total. The van der Waals surface area contributed by atoms with E-state index in [-0.39, 0.29) is 22.5 Å². The van der Waals surface area contributed by atoms with Gasteiger partial charge in [0.2, 0.25) is 15.8 Å². The van der Waals surface area contributed by atoms with Gasteiger partial charge in [0.1, 0.15) is 5.69 Å². The van der Waals surface area contributed by atoms with Crippen molar-refractivity contribution in [3.8, 4) is 11.4 Å². The molecule has 0 radical (unpaired) electrons. The number of anilines is 1. The number of hydrogen-bond donors (Lipinski definition) is 0. The molecule has 1 saturated carbocycles. The molecular formula is C28H33ClN4O4S. The molecule has 0 N–H and O–H groups in total. The van der Waals surface area contributed by atoms with Gasteiger partial charge >= 0.3 is 5.56 Å². The van der Waals surface area contributed by atoms with Crippen LogP contribution in [0.1, 0.15) is 30.9 Å². The minimum absolute atomic E-state index is 0.0697. The first-order valence-corrected chi connectivity index (χ1v) is 14.9. The number of aryl methyl sites for hydroxylation is 2. The summed E-state index contributed by atoms with van der Waals surface area (Å²) in [5, 5.41) is 4.92. The first-order chi connectivity index (χ1) is 18.1. The van der Waals surface area contributed by atoms with Crippen molar-refractivity contribution in [2.45, 2.75) is 33.1 Å². The number of piperazine rings is 1. The minimum atomic E-state index is -3.40. The highest BCUT2D eigenvalue weighted by molar-refractivity contribution is 7.89. The molecule has 5 rings (SSSR count). The number of aromatic nitrogens is 2. The Bertz CT molecular complexity index is 1460. The van der Waals surface area contributed by atoms with Crippen molar-refractivity contribution in [3.63, 3.8) is 0 Å². The van der Waals surface area contributed by atoms with Crippen molar-refractivity contribution in [3.05, 3.63) is 81.2 Å². The summed E-state index contributed by atoms with van der Waals surface area (Å²) in [5.41, 5.74) is 3.03. The van der Waals surface area contributed by atoms with Crippen LogP contribution in [0.15, 0.2) is 59.5 Å². The largest absolute Gasteiger partial charge is 0.486 e. The van der Waals surface area contributed by atoms with E-state index in [2.05, 4.69) is 12.0 Å². The molecule has 1 saturated heterocycles. The second-order valence-electron chi connectivity index (χ2n) is 10.6. The highest BCUT2D eigenvalue weighted by Gasteiger charge is 2.39. The molecule has 0 bridgehead atoms. The molecule has 0 atom stereocenters. The molecule has 10 heteroatoms. The van der Waals surface area contributed by atoms with Gasteiger partial charge in [0.05, 0.1) is 24.2 Å². The quantitative estimate of drug-likeness (QED) is 0.395. The molecule has 3 aromatic rings. The van der Waals surface area contributed by atoms with Gasteiger partial charge < -0.3 is 9.64 Å². The van der Waals surface area contributed by atoms with Gasteiger partial charge in [0, 0.05) is 36.6 Å². The predicted molar refractivity (Wildman–Crippen MR) is 150 cm³/mol. The molecule has 1 aliphatic carbocycles. The standard InChI is InChI=1S/C28H33ClN4O4S/c1-21-6-8-22(9-7-21)10-17-38(35,36)32-15-13-31(14-16-32)25-19-30-33(24-5-3-4-23(29)18-24)27(34)26(25)37-20-28(2)11-12-28/h3-9,18-19H,10-17,20H2,1-2H3. The summed E-state index contributed by atoms with van der Waals surface area (Å²) in [5.74, 6) is 0.309. The zero-order valence-electron chi connectivity index (χ0n) is 21.8. The Labute approximate surface area is 228 Å². The van der Waals surface area contributed by atoms with Gasteiger partial charge in [-0.2, -0.15) is 14.1 Å². The molecule has 202 valence electrons. The highest BCUT2D eigenvalue weighted by atomic mass is 35.5. The van der Waals surface area contributed by atoms with Crippen molar-refractivity contribution in [1.82, 2.24) is 14.1 Å². The molecule has 0 spiro atoms. The molecule has 2 heterocycles. The number of benzene rings is 2. The first-order valence-electron chi connectivity index (χ1n) is 12.9. The van der Waals surface area contributed by atoms with E-state index in [0.717, 1.165) is 24.0 Å². The molecule has 1 aliphatic heterocycles. The molecule has 0 amide bonds. The average Bonchev–Trinajstić information content (AvgIpc) is 3.64. The van der Waals surface area contributed by atoms with Crippen LogP contribution >= 0.6 is 11.6 Å². The molecule has 2 fully saturated rings. The summed E-state index contributed by atoms with van der Waals surface area (Å²) >= 11 is 6.15. The van der Waals surface area contributed by atoms with Gasteiger partial charge in [-0.1, -0.05) is 54.4 Å². The zero-order chi connectivity index (χ0) is 26.9. The number of ether oxygens (including phenoxy) is 1. The molecule has 2 aliphatic rings. The topological polar surface area (TPSA) is 84.7 Å². The van der Waals surface area contributed by atoms with Crippen LogP contribution in [0.2, 0.25) is 5.02 Å². The third-order valence-corrected chi connectivity index (χ3v) is 9.49. The normalized spacial score (nSPS) is 17.4. The van der Waals surface area contributed by atoms with Gasteiger partial charge in [-0.15, -0.1) is 0 Å². The van der Waals surface area contributed by atoms with Crippen molar-refractivity contribution in [2.24, 2.45) is 5.41 Å². The molecular weight excluding hydrogens is 524 g/mol. The van der Waals surface area contributed by atoms with Crippen molar-refractivity contribution < 1.29 is 13.2 Å². The number of halogens is 1. The second kappa shape index (κ2) is 10.7. The van der Waals surface area contributed by atoms with E-state index >= 15 is 0 Å². The lowest BCUT2D eigenvalue weighted by atomic mass is 10.1. The minimum Gasteiger partial charge on any atom is -0.486 e. The van der Waals surface area contributed by atoms with E-state index in [1.165, 1.54) is 4.68 Å². The van der Waals surface area contributed by atoms with Crippen LogP contribution in [0, 0.1) is 12.3 Å². The van der Waals surface area contributed by atoms with Crippen molar-refractivity contribution >= 4 is 27.3 Å². The SMILES string of the molecule is Cc1ccc(CCS(=O)(=O)N2CCN(c3cnn(-c4cccc(Cl)c4)c(=O)c3OCC3(C)CC3)CC2)cc1. The van der Waals surface area contributed by atoms with E-state index in [1.807, 2.05) is 36.1 Å². The Kier molecular flexibility index (Phi) is 7.53. The van der Waals surface area contributed by atoms with E-state index in [0.29, 0.717) is 55.6 Å². The fraction of sp³-hybridized carbons (Fsp3) is 0.429. The van der Waals surface area contributed by atoms with Gasteiger partial charge in [-0.25, -0.2) is 8.42 Å². The first kappa shape index (κ1) is 26.7. The van der Waals surface area contributed by atoms with Gasteiger partial charge in [0.25, 0.3) is 0 Å². The Balaban J connectivity index is 1.32. The maximum Gasteiger partial charge on any atom is 0.316 e. The summed E-state index contributed by atoms with van der Waals surface area (Å²) in [6, 6.07) is 14.9. The summed E-state index contributed by atoms with van der Waals surface area (Å²) < 4.78 is 35.1. The Morgan fingerprint density at radius 1 is 1.05 bits per heavy atom. The summed E-state index contributed by atoms with van der Waals surface area (Å²) in [7, 11) is -3.40. The van der Waals surface area contributed by atoms with E-state index < -0.39 is 10.0 Å². The highest BCUT2D eigenvalue weighted by Crippen LogP contribution is 2.45. The lowest BCUT2D eigenvalue weighted by Crippen LogP contribution is -2.50. The van der Waals surface area contributed by atoms with Gasteiger partial charge in [-0.05, 0) is 49.9 Å². The number of sulfonamides is 1. The Morgan fingerprint density at radius 3 is 2.42 bits per heavy atom. The second-order valence-corrected chi connectivity index (χ2v) is 13.1. The van der Waals surface area contributed by atoms with Crippen molar-refractivity contribution in [2.75, 3.05) is 43.4 Å². The fourth-order valence-electron chi connectivity index (χ4n) is 4.52. The number of nitrogens with zero attached hydrogens (tertiary/aromatic N) is 4. The van der Waals surface area contributed by atoms with Gasteiger partial charge in [0.15, 0.2) is 0 Å². The molecule has 1 aromatic heterocycles. The smallest absolute Gasteiger partial charge is 0.316 e. The average molecular weight is 557 g/mol. The molecule has 38 heavy (non-hydrogen) atoms. The zero-order valence-corrected chi connectivity index (χ0v) is 23.3. The summed E-state index contributed by atoms with van der Waals surface area (Å²) in [6.45, 7) is 6.16. The molecule has 2 aromatic carbocycles. The maximum absolute atomic E-state index is 13.5. The fourth-order valence-corrected chi connectivity index (χ4v) is 6.18. The van der Waals surface area contributed by atoms with Crippen LogP contribution < -0.4 is 15.2 Å². The van der Waals surface area contributed by atoms with Gasteiger partial charge in [-0.3, -0.25) is 4.79 Å². The Hall–Kier alpha value is -2.88. The van der Waals surface area contributed by atoms with E-state index in [4.69, 9.17) is 16.3 Å². The number of rotatable bonds is 9. The van der Waals surface area contributed by atoms with Crippen LogP contribution in [-0.2, 0) is 16.4 Å². The van der Waals surface area contributed by atoms with Crippen LogP contribution in [0.3, 0.4) is 0 Å². The monoisotopic (exact) mass is 556 g/mol. The maximum atomic E-state index is 13.5. The van der Waals surface area contributed by atoms with Crippen LogP contribution in [0.4, 0.5) is 5.69 Å². The lowest BCUT2D eigenvalue weighted by Gasteiger charge is -2.35. The Morgan fingerprint density at radius 2 is 1.76 bits per heavy atom. The summed E-state index contributed by atoms with van der Waals surface area (Å²) in [6.07, 6.45) is 4.24. The van der Waals surface area contributed by atoms with Crippen LogP contribution in [0.5, 0.6) is 5.75 Å². The third kappa shape index (κ3) is 6.06. The lowest BCUT2D eigenvalue weighted by molar-refractivity contribution is 0.242. The van der Waals surface area contributed by atoms with Crippen LogP contribution in [0.25, 0.3) is 5.69 Å².